The van der Waals surface area contributed by atoms with Gasteiger partial charge >= 0.3 is 0 Å². The number of hydrogen-bond donors (Lipinski definition) is 1. The zero-order valence-electron chi connectivity index (χ0n) is 11.0. The molecule has 0 aliphatic carbocycles. The van der Waals surface area contributed by atoms with E-state index in [1.165, 1.54) is 6.07 Å². The first-order valence-corrected chi connectivity index (χ1v) is 6.49. The molecule has 4 heteroatoms. The number of hydrogen-bond acceptors (Lipinski definition) is 3. The average molecular weight is 252 g/mol. The first-order chi connectivity index (χ1) is 8.65. The van der Waals surface area contributed by atoms with Crippen molar-refractivity contribution in [3.8, 4) is 0 Å². The molecule has 0 radical (unpaired) electrons. The van der Waals surface area contributed by atoms with Crippen molar-refractivity contribution in [2.24, 2.45) is 5.73 Å². The Bertz CT molecular complexity index is 413. The molecule has 1 fully saturated rings. The maximum atomic E-state index is 14.0. The Morgan fingerprint density at radius 3 is 2.72 bits per heavy atom. The van der Waals surface area contributed by atoms with Crippen molar-refractivity contribution >= 4 is 5.69 Å². The molecule has 100 valence electrons. The molecule has 0 bridgehead atoms. The molecule has 0 aromatic heterocycles. The van der Waals surface area contributed by atoms with Crippen molar-refractivity contribution in [3.63, 3.8) is 0 Å². The lowest BCUT2D eigenvalue weighted by molar-refractivity contribution is 0.0948. The van der Waals surface area contributed by atoms with E-state index in [1.54, 1.807) is 12.1 Å². The summed E-state index contributed by atoms with van der Waals surface area (Å²) >= 11 is 0. The minimum absolute atomic E-state index is 0.0158. The molecule has 1 heterocycles. The van der Waals surface area contributed by atoms with Crippen LogP contribution in [0.25, 0.3) is 0 Å². The quantitative estimate of drug-likeness (QED) is 0.892. The van der Waals surface area contributed by atoms with Crippen LogP contribution in [0.15, 0.2) is 24.3 Å². The van der Waals surface area contributed by atoms with Crippen LogP contribution >= 0.6 is 0 Å². The molecule has 1 aliphatic heterocycles. The van der Waals surface area contributed by atoms with E-state index in [1.807, 2.05) is 19.9 Å². The third-order valence-corrected chi connectivity index (χ3v) is 4.01. The van der Waals surface area contributed by atoms with Gasteiger partial charge in [0.1, 0.15) is 5.82 Å². The summed E-state index contributed by atoms with van der Waals surface area (Å²) in [6, 6.07) is 6.85. The predicted octanol–water partition coefficient (Wildman–Crippen LogP) is 2.16. The first kappa shape index (κ1) is 13.3. The van der Waals surface area contributed by atoms with E-state index in [4.69, 9.17) is 10.5 Å². The van der Waals surface area contributed by atoms with Crippen molar-refractivity contribution < 1.29 is 9.13 Å². The molecule has 0 amide bonds. The van der Waals surface area contributed by atoms with E-state index in [0.29, 0.717) is 25.4 Å². The lowest BCUT2D eigenvalue weighted by Gasteiger charge is -2.43. The predicted molar refractivity (Wildman–Crippen MR) is 71.2 cm³/mol. The van der Waals surface area contributed by atoms with Gasteiger partial charge in [0.05, 0.1) is 17.3 Å². The fraction of sp³-hybridized carbons (Fsp3) is 0.571. The van der Waals surface area contributed by atoms with Crippen LogP contribution in [-0.2, 0) is 4.74 Å². The largest absolute Gasteiger partial charge is 0.376 e. The average Bonchev–Trinajstić information content (AvgIpc) is 2.75. The lowest BCUT2D eigenvalue weighted by atomic mass is 9.89. The zero-order chi connectivity index (χ0) is 13.2. The van der Waals surface area contributed by atoms with Gasteiger partial charge in [-0.1, -0.05) is 12.1 Å². The molecule has 1 saturated heterocycles. The van der Waals surface area contributed by atoms with Crippen LogP contribution in [-0.4, -0.2) is 31.3 Å². The molecule has 18 heavy (non-hydrogen) atoms. The van der Waals surface area contributed by atoms with Crippen molar-refractivity contribution in [1.29, 1.82) is 0 Å². The fourth-order valence-electron chi connectivity index (χ4n) is 2.90. The van der Waals surface area contributed by atoms with Crippen molar-refractivity contribution in [2.45, 2.75) is 31.9 Å². The first-order valence-electron chi connectivity index (χ1n) is 6.49. The Morgan fingerprint density at radius 1 is 1.50 bits per heavy atom. The van der Waals surface area contributed by atoms with Crippen LogP contribution in [0.2, 0.25) is 0 Å². The Hall–Kier alpha value is -1.13. The van der Waals surface area contributed by atoms with Crippen LogP contribution in [0.4, 0.5) is 10.1 Å². The van der Waals surface area contributed by atoms with E-state index in [2.05, 4.69) is 4.90 Å². The molecule has 2 unspecified atom stereocenters. The number of ether oxygens (including phenoxy) is 1. The van der Waals surface area contributed by atoms with Crippen LogP contribution in [0.3, 0.4) is 0 Å². The highest BCUT2D eigenvalue weighted by Gasteiger charge is 2.45. The van der Waals surface area contributed by atoms with Gasteiger partial charge in [0, 0.05) is 19.7 Å². The summed E-state index contributed by atoms with van der Waals surface area (Å²) in [5, 5.41) is 0. The Balaban J connectivity index is 2.41. The highest BCUT2D eigenvalue weighted by molar-refractivity contribution is 5.51. The number of rotatable bonds is 4. The summed E-state index contributed by atoms with van der Waals surface area (Å²) in [6.07, 6.45) is 0.856. The highest BCUT2D eigenvalue weighted by atomic mass is 19.1. The third-order valence-electron chi connectivity index (χ3n) is 4.01. The van der Waals surface area contributed by atoms with Crippen molar-refractivity contribution in [1.82, 2.24) is 0 Å². The van der Waals surface area contributed by atoms with Crippen molar-refractivity contribution in [2.75, 3.05) is 24.6 Å². The smallest absolute Gasteiger partial charge is 0.146 e. The Kier molecular flexibility index (Phi) is 3.88. The van der Waals surface area contributed by atoms with E-state index in [0.717, 1.165) is 6.42 Å². The maximum Gasteiger partial charge on any atom is 0.146 e. The van der Waals surface area contributed by atoms with Crippen LogP contribution in [0, 0.1) is 5.82 Å². The van der Waals surface area contributed by atoms with E-state index < -0.39 is 0 Å². The van der Waals surface area contributed by atoms with Gasteiger partial charge in [-0.05, 0) is 32.4 Å². The number of para-hydroxylation sites is 1. The van der Waals surface area contributed by atoms with Gasteiger partial charge in [0.2, 0.25) is 0 Å². The number of halogens is 1. The standard InChI is InChI=1S/C14H21FN2O/c1-3-17(13-7-5-4-6-12(13)15)14(10-16)8-9-18-11(14)2/h4-7,11H,3,8-10,16H2,1-2H3. The second-order valence-electron chi connectivity index (χ2n) is 4.77. The molecule has 2 N–H and O–H groups in total. The lowest BCUT2D eigenvalue weighted by Crippen LogP contribution is -2.58. The van der Waals surface area contributed by atoms with Gasteiger partial charge in [0.15, 0.2) is 0 Å². The molecular weight excluding hydrogens is 231 g/mol. The van der Waals surface area contributed by atoms with Gasteiger partial charge in [-0.15, -0.1) is 0 Å². The fourth-order valence-corrected chi connectivity index (χ4v) is 2.90. The van der Waals surface area contributed by atoms with Gasteiger partial charge in [-0.2, -0.15) is 0 Å². The maximum absolute atomic E-state index is 14.0. The van der Waals surface area contributed by atoms with Crippen LogP contribution < -0.4 is 10.6 Å². The Labute approximate surface area is 108 Å². The second kappa shape index (κ2) is 5.24. The summed E-state index contributed by atoms with van der Waals surface area (Å²) in [6.45, 7) is 5.91. The SMILES string of the molecule is CCN(c1ccccc1F)C1(CN)CCOC1C. The third kappa shape index (κ3) is 1.99. The van der Waals surface area contributed by atoms with Gasteiger partial charge in [-0.25, -0.2) is 4.39 Å². The number of nitrogens with zero attached hydrogens (tertiary/aromatic N) is 1. The molecule has 1 aromatic rings. The number of nitrogens with two attached hydrogens (primary N) is 1. The molecule has 0 spiro atoms. The molecule has 2 rings (SSSR count). The van der Waals surface area contributed by atoms with Gasteiger partial charge in [-0.3, -0.25) is 0 Å². The monoisotopic (exact) mass is 252 g/mol. The van der Waals surface area contributed by atoms with Gasteiger partial charge < -0.3 is 15.4 Å². The van der Waals surface area contributed by atoms with Gasteiger partial charge in [0.25, 0.3) is 0 Å². The molecule has 2 atom stereocenters. The Morgan fingerprint density at radius 2 is 2.22 bits per heavy atom. The van der Waals surface area contributed by atoms with E-state index >= 15 is 0 Å². The highest BCUT2D eigenvalue weighted by Crippen LogP contribution is 2.35. The van der Waals surface area contributed by atoms with E-state index in [9.17, 15) is 4.39 Å². The topological polar surface area (TPSA) is 38.5 Å². The molecule has 0 saturated carbocycles. The summed E-state index contributed by atoms with van der Waals surface area (Å²) in [7, 11) is 0. The van der Waals surface area contributed by atoms with Crippen LogP contribution in [0.5, 0.6) is 0 Å². The van der Waals surface area contributed by atoms with Crippen LogP contribution in [0.1, 0.15) is 20.3 Å². The summed E-state index contributed by atoms with van der Waals surface area (Å²) < 4.78 is 19.6. The second-order valence-corrected chi connectivity index (χ2v) is 4.77. The summed E-state index contributed by atoms with van der Waals surface area (Å²) in [5.41, 5.74) is 6.30. The zero-order valence-corrected chi connectivity index (χ0v) is 11.0. The molecule has 1 aromatic carbocycles. The summed E-state index contributed by atoms with van der Waals surface area (Å²) in [5.74, 6) is -0.203. The minimum Gasteiger partial charge on any atom is -0.376 e. The molecule has 3 nitrogen and oxygen atoms in total. The number of likely N-dealkylation sites (N-methyl/N-ethyl adjacent to an activating group) is 1. The normalized spacial score (nSPS) is 27.4. The van der Waals surface area contributed by atoms with Crippen molar-refractivity contribution in [3.05, 3.63) is 30.1 Å². The minimum atomic E-state index is -0.295. The number of anilines is 1. The number of benzene rings is 1. The molecule has 1 aliphatic rings. The summed E-state index contributed by atoms with van der Waals surface area (Å²) in [4.78, 5) is 2.06. The molecular formula is C14H21FN2O. The van der Waals surface area contributed by atoms with E-state index in [-0.39, 0.29) is 17.5 Å².